The van der Waals surface area contributed by atoms with Crippen molar-refractivity contribution in [3.8, 4) is 17.6 Å². The molecule has 0 atom stereocenters. The maximum atomic E-state index is 12.3. The van der Waals surface area contributed by atoms with Gasteiger partial charge in [-0.25, -0.2) is 0 Å². The van der Waals surface area contributed by atoms with Crippen LogP contribution in [0.5, 0.6) is 11.5 Å². The van der Waals surface area contributed by atoms with Crippen molar-refractivity contribution in [3.63, 3.8) is 0 Å². The summed E-state index contributed by atoms with van der Waals surface area (Å²) in [7, 11) is 3.25. The summed E-state index contributed by atoms with van der Waals surface area (Å²) in [6.07, 6.45) is 4.14. The van der Waals surface area contributed by atoms with Gasteiger partial charge in [0.15, 0.2) is 11.5 Å². The fraction of sp³-hybridized carbons (Fsp3) is 0.368. The monoisotopic (exact) mass is 358 g/mol. The third-order valence-electron chi connectivity index (χ3n) is 3.69. The van der Waals surface area contributed by atoms with Crippen LogP contribution in [0.3, 0.4) is 0 Å². The highest BCUT2D eigenvalue weighted by Crippen LogP contribution is 2.28. The minimum Gasteiger partial charge on any atom is -0.493 e. The Morgan fingerprint density at radius 3 is 2.76 bits per heavy atom. The minimum atomic E-state index is -0.122. The molecule has 25 heavy (non-hydrogen) atoms. The lowest BCUT2D eigenvalue weighted by atomic mass is 10.1. The number of nitrogens with zero attached hydrogens (tertiary/aromatic N) is 2. The van der Waals surface area contributed by atoms with Gasteiger partial charge in [-0.1, -0.05) is 19.9 Å². The van der Waals surface area contributed by atoms with Crippen molar-refractivity contribution in [1.29, 1.82) is 5.26 Å². The van der Waals surface area contributed by atoms with E-state index in [9.17, 15) is 4.79 Å². The molecule has 0 saturated carbocycles. The van der Waals surface area contributed by atoms with Crippen molar-refractivity contribution in [2.45, 2.75) is 20.3 Å². The molecule has 0 radical (unpaired) electrons. The van der Waals surface area contributed by atoms with Crippen LogP contribution in [0.4, 0.5) is 0 Å². The Morgan fingerprint density at radius 2 is 2.12 bits per heavy atom. The maximum Gasteiger partial charge on any atom is 0.268 e. The summed E-state index contributed by atoms with van der Waals surface area (Å²) in [5.41, 5.74) is 0.721. The number of hydrogen-bond acceptors (Lipinski definition) is 5. The zero-order chi connectivity index (χ0) is 18.4. The Labute approximate surface area is 151 Å². The first kappa shape index (κ1) is 18.8. The molecule has 6 heteroatoms. The predicted molar refractivity (Wildman–Crippen MR) is 100 cm³/mol. The topological polar surface area (TPSA) is 64.2 Å². The van der Waals surface area contributed by atoms with Crippen molar-refractivity contribution < 1.29 is 9.47 Å². The molecule has 0 saturated heterocycles. The molecule has 1 aromatic carbocycles. The van der Waals surface area contributed by atoms with Gasteiger partial charge in [0.25, 0.3) is 5.56 Å². The number of hydrogen-bond donors (Lipinski definition) is 0. The quantitative estimate of drug-likeness (QED) is 0.792. The van der Waals surface area contributed by atoms with E-state index in [1.165, 1.54) is 22.0 Å². The smallest absolute Gasteiger partial charge is 0.268 e. The van der Waals surface area contributed by atoms with E-state index in [4.69, 9.17) is 14.7 Å². The van der Waals surface area contributed by atoms with E-state index in [2.05, 4.69) is 13.8 Å². The fourth-order valence-corrected chi connectivity index (χ4v) is 3.19. The lowest BCUT2D eigenvalue weighted by Gasteiger charge is -2.12. The van der Waals surface area contributed by atoms with Crippen molar-refractivity contribution >= 4 is 23.5 Å². The molecule has 0 aliphatic heterocycles. The Balaban J connectivity index is 2.36. The minimum absolute atomic E-state index is 0.122. The Kier molecular flexibility index (Phi) is 6.43. The highest BCUT2D eigenvalue weighted by atomic mass is 32.1. The third-order valence-corrected chi connectivity index (χ3v) is 4.80. The third kappa shape index (κ3) is 4.74. The zero-order valence-corrected chi connectivity index (χ0v) is 15.7. The molecule has 1 aromatic heterocycles. The highest BCUT2D eigenvalue weighted by molar-refractivity contribution is 7.07. The van der Waals surface area contributed by atoms with Crippen LogP contribution in [0.15, 0.2) is 23.0 Å². The molecule has 0 amide bonds. The van der Waals surface area contributed by atoms with Gasteiger partial charge in [-0.15, -0.1) is 11.3 Å². The molecular weight excluding hydrogens is 336 g/mol. The van der Waals surface area contributed by atoms with Crippen molar-refractivity contribution in [2.24, 2.45) is 13.0 Å². The number of thiazole rings is 1. The Morgan fingerprint density at radius 1 is 1.36 bits per heavy atom. The number of rotatable bonds is 6. The van der Waals surface area contributed by atoms with Gasteiger partial charge in [-0.3, -0.25) is 4.79 Å². The van der Waals surface area contributed by atoms with E-state index in [0.717, 1.165) is 12.0 Å². The van der Waals surface area contributed by atoms with E-state index in [-0.39, 0.29) is 5.56 Å². The van der Waals surface area contributed by atoms with Crippen LogP contribution < -0.4 is 24.2 Å². The summed E-state index contributed by atoms with van der Waals surface area (Å²) in [4.78, 5) is 12.3. The summed E-state index contributed by atoms with van der Waals surface area (Å²) in [6, 6.07) is 7.54. The van der Waals surface area contributed by atoms with Crippen LogP contribution in [-0.4, -0.2) is 18.3 Å². The molecule has 132 valence electrons. The number of benzene rings is 1. The molecule has 2 aromatic rings. The summed E-state index contributed by atoms with van der Waals surface area (Å²) in [5.74, 6) is 1.90. The average Bonchev–Trinajstić information content (AvgIpc) is 2.84. The second-order valence-corrected chi connectivity index (χ2v) is 7.09. The van der Waals surface area contributed by atoms with E-state index >= 15 is 0 Å². The Bertz CT molecular complexity index is 949. The first-order valence-corrected chi connectivity index (χ1v) is 8.86. The van der Waals surface area contributed by atoms with Crippen molar-refractivity contribution in [2.75, 3.05) is 13.7 Å². The fourth-order valence-electron chi connectivity index (χ4n) is 2.21. The lowest BCUT2D eigenvalue weighted by molar-refractivity contribution is 0.273. The lowest BCUT2D eigenvalue weighted by Crippen LogP contribution is -2.28. The number of methoxy groups -OCH3 is 1. The molecule has 0 aliphatic carbocycles. The van der Waals surface area contributed by atoms with Crippen LogP contribution in [-0.2, 0) is 7.05 Å². The summed E-state index contributed by atoms with van der Waals surface area (Å²) >= 11 is 1.29. The first-order chi connectivity index (χ1) is 12.0. The molecule has 0 N–H and O–H groups in total. The number of aromatic nitrogens is 1. The number of nitriles is 1. The van der Waals surface area contributed by atoms with Gasteiger partial charge in [0, 0.05) is 13.1 Å². The molecule has 2 rings (SSSR count). The second kappa shape index (κ2) is 8.54. The second-order valence-electron chi connectivity index (χ2n) is 6.03. The van der Waals surface area contributed by atoms with E-state index in [1.807, 2.05) is 24.3 Å². The largest absolute Gasteiger partial charge is 0.493 e. The number of ether oxygens (including phenoxy) is 2. The molecular formula is C19H22N2O3S. The standard InChI is InChI=1S/C19H22N2O3S/c1-13(2)8-10-24-15-6-5-14(11-16(15)23-4)12-17-19(22)21(3)18(25-17)7-9-20/h5-7,11-13H,8,10H2,1-4H3/b17-12-,18-7-. The first-order valence-electron chi connectivity index (χ1n) is 8.04. The predicted octanol–water partition coefficient (Wildman–Crippen LogP) is 2.01. The summed E-state index contributed by atoms with van der Waals surface area (Å²) in [5, 5.41) is 8.78. The van der Waals surface area contributed by atoms with E-state index in [0.29, 0.717) is 33.2 Å². The maximum absolute atomic E-state index is 12.3. The highest BCUT2D eigenvalue weighted by Gasteiger charge is 2.07. The van der Waals surface area contributed by atoms with Crippen LogP contribution >= 0.6 is 11.3 Å². The molecule has 0 bridgehead atoms. The zero-order valence-electron chi connectivity index (χ0n) is 14.9. The SMILES string of the molecule is COc1cc(/C=c2\s/c(=C\C#N)n(C)c2=O)ccc1OCCC(C)C. The molecule has 0 aliphatic rings. The van der Waals surface area contributed by atoms with Crippen molar-refractivity contribution in [1.82, 2.24) is 4.57 Å². The normalized spacial score (nSPS) is 12.5. The average molecular weight is 358 g/mol. The summed E-state index contributed by atoms with van der Waals surface area (Å²) in [6.45, 7) is 4.94. The van der Waals surface area contributed by atoms with E-state index < -0.39 is 0 Å². The van der Waals surface area contributed by atoms with E-state index in [1.54, 1.807) is 20.2 Å². The van der Waals surface area contributed by atoms with Crippen LogP contribution in [0.1, 0.15) is 25.8 Å². The van der Waals surface area contributed by atoms with Crippen LogP contribution in [0.25, 0.3) is 12.2 Å². The summed E-state index contributed by atoms with van der Waals surface area (Å²) < 4.78 is 13.9. The molecule has 0 fully saturated rings. The van der Waals surface area contributed by atoms with Gasteiger partial charge >= 0.3 is 0 Å². The van der Waals surface area contributed by atoms with Crippen molar-refractivity contribution in [3.05, 3.63) is 43.3 Å². The van der Waals surface area contributed by atoms with Crippen LogP contribution in [0.2, 0.25) is 0 Å². The van der Waals surface area contributed by atoms with Gasteiger partial charge in [-0.05, 0) is 36.1 Å². The molecule has 0 unspecified atom stereocenters. The molecule has 0 spiro atoms. The molecule has 5 nitrogen and oxygen atoms in total. The van der Waals surface area contributed by atoms with Crippen LogP contribution in [0, 0.1) is 17.2 Å². The van der Waals surface area contributed by atoms with Gasteiger partial charge in [0.05, 0.1) is 24.3 Å². The Hall–Kier alpha value is -2.52. The molecule has 1 heterocycles. The van der Waals surface area contributed by atoms with Gasteiger partial charge in [0.1, 0.15) is 4.66 Å². The van der Waals surface area contributed by atoms with Gasteiger partial charge in [0.2, 0.25) is 0 Å². The van der Waals surface area contributed by atoms with Gasteiger partial charge < -0.3 is 14.0 Å². The van der Waals surface area contributed by atoms with Gasteiger partial charge in [-0.2, -0.15) is 5.26 Å².